The normalized spacial score (nSPS) is 11.2. The van der Waals surface area contributed by atoms with Crippen LogP contribution in [0.4, 0.5) is 0 Å². The molecule has 5 heteroatoms. The molecule has 0 N–H and O–H groups in total. The standard InChI is InChI=1S/C16H17ClN4/c1-3-14-19-15(4-2)21(20-14)16-9-11(10-17)12-7-5-6-8-13(12)18-16/h5-9H,3-4,10H2,1-2H3. The topological polar surface area (TPSA) is 43.6 Å². The number of hydrogen-bond acceptors (Lipinski definition) is 3. The van der Waals surface area contributed by atoms with Gasteiger partial charge in [-0.25, -0.2) is 9.97 Å². The van der Waals surface area contributed by atoms with Gasteiger partial charge < -0.3 is 0 Å². The van der Waals surface area contributed by atoms with E-state index in [9.17, 15) is 0 Å². The fourth-order valence-corrected chi connectivity index (χ4v) is 2.63. The van der Waals surface area contributed by atoms with Crippen molar-refractivity contribution in [2.24, 2.45) is 0 Å². The zero-order chi connectivity index (χ0) is 14.8. The summed E-state index contributed by atoms with van der Waals surface area (Å²) in [6, 6.07) is 10.0. The van der Waals surface area contributed by atoms with Crippen molar-refractivity contribution in [3.63, 3.8) is 0 Å². The molecule has 3 aromatic rings. The van der Waals surface area contributed by atoms with Crippen LogP contribution in [0.1, 0.15) is 31.1 Å². The monoisotopic (exact) mass is 300 g/mol. The number of hydrogen-bond donors (Lipinski definition) is 0. The third-order valence-electron chi connectivity index (χ3n) is 3.50. The van der Waals surface area contributed by atoms with Crippen LogP contribution in [-0.4, -0.2) is 19.7 Å². The molecule has 2 aromatic heterocycles. The molecule has 0 spiro atoms. The second-order valence-electron chi connectivity index (χ2n) is 4.85. The summed E-state index contributed by atoms with van der Waals surface area (Å²) in [5.41, 5.74) is 1.99. The Morgan fingerprint density at radius 1 is 1.10 bits per heavy atom. The second-order valence-corrected chi connectivity index (χ2v) is 5.12. The van der Waals surface area contributed by atoms with E-state index < -0.39 is 0 Å². The van der Waals surface area contributed by atoms with Crippen LogP contribution in [-0.2, 0) is 18.7 Å². The summed E-state index contributed by atoms with van der Waals surface area (Å²) in [5.74, 6) is 3.00. The van der Waals surface area contributed by atoms with Crippen molar-refractivity contribution in [1.29, 1.82) is 0 Å². The van der Waals surface area contributed by atoms with E-state index in [2.05, 4.69) is 23.9 Å². The minimum absolute atomic E-state index is 0.451. The molecular formula is C16H17ClN4. The SMILES string of the molecule is CCc1nc(CC)n(-c2cc(CCl)c3ccccc3n2)n1. The zero-order valence-corrected chi connectivity index (χ0v) is 12.9. The molecule has 0 radical (unpaired) electrons. The molecule has 0 aliphatic carbocycles. The molecular weight excluding hydrogens is 284 g/mol. The number of fused-ring (bicyclic) bond motifs is 1. The first-order valence-electron chi connectivity index (χ1n) is 7.16. The Labute approximate surface area is 128 Å². The highest BCUT2D eigenvalue weighted by molar-refractivity contribution is 6.18. The quantitative estimate of drug-likeness (QED) is 0.690. The van der Waals surface area contributed by atoms with Crippen molar-refractivity contribution in [3.05, 3.63) is 47.5 Å². The summed E-state index contributed by atoms with van der Waals surface area (Å²) in [6.07, 6.45) is 1.63. The van der Waals surface area contributed by atoms with Crippen LogP contribution >= 0.6 is 11.6 Å². The summed E-state index contributed by atoms with van der Waals surface area (Å²) in [6.45, 7) is 4.13. The van der Waals surface area contributed by atoms with E-state index >= 15 is 0 Å². The van der Waals surface area contributed by atoms with Crippen molar-refractivity contribution in [3.8, 4) is 5.82 Å². The van der Waals surface area contributed by atoms with Crippen LogP contribution in [0.2, 0.25) is 0 Å². The molecule has 3 rings (SSSR count). The van der Waals surface area contributed by atoms with E-state index in [4.69, 9.17) is 16.6 Å². The fourth-order valence-electron chi connectivity index (χ4n) is 2.40. The highest BCUT2D eigenvalue weighted by Gasteiger charge is 2.12. The van der Waals surface area contributed by atoms with Gasteiger partial charge in [0.2, 0.25) is 0 Å². The molecule has 0 aliphatic rings. The van der Waals surface area contributed by atoms with Crippen LogP contribution in [0.3, 0.4) is 0 Å². The van der Waals surface area contributed by atoms with Gasteiger partial charge in [0.05, 0.1) is 5.52 Å². The Balaban J connectivity index is 2.23. The van der Waals surface area contributed by atoms with E-state index in [1.807, 2.05) is 35.0 Å². The maximum absolute atomic E-state index is 6.10. The Bertz CT molecular complexity index is 779. The van der Waals surface area contributed by atoms with Crippen LogP contribution in [0.15, 0.2) is 30.3 Å². The number of nitrogens with zero attached hydrogens (tertiary/aromatic N) is 4. The van der Waals surface area contributed by atoms with E-state index in [1.165, 1.54) is 0 Å². The Morgan fingerprint density at radius 2 is 1.90 bits per heavy atom. The maximum atomic E-state index is 6.10. The van der Waals surface area contributed by atoms with Crippen LogP contribution < -0.4 is 0 Å². The van der Waals surface area contributed by atoms with Gasteiger partial charge in [0.1, 0.15) is 5.82 Å². The lowest BCUT2D eigenvalue weighted by atomic mass is 10.1. The molecule has 0 aliphatic heterocycles. The highest BCUT2D eigenvalue weighted by atomic mass is 35.5. The molecule has 4 nitrogen and oxygen atoms in total. The number of rotatable bonds is 4. The number of benzene rings is 1. The van der Waals surface area contributed by atoms with E-state index in [1.54, 1.807) is 0 Å². The minimum Gasteiger partial charge on any atom is -0.229 e. The summed E-state index contributed by atoms with van der Waals surface area (Å²) >= 11 is 6.10. The van der Waals surface area contributed by atoms with Crippen molar-refractivity contribution in [1.82, 2.24) is 19.7 Å². The van der Waals surface area contributed by atoms with Gasteiger partial charge in [0, 0.05) is 24.1 Å². The Hall–Kier alpha value is -1.94. The van der Waals surface area contributed by atoms with Crippen molar-refractivity contribution in [2.75, 3.05) is 0 Å². The largest absolute Gasteiger partial charge is 0.229 e. The van der Waals surface area contributed by atoms with Crippen molar-refractivity contribution >= 4 is 22.5 Å². The van der Waals surface area contributed by atoms with Crippen LogP contribution in [0.5, 0.6) is 0 Å². The van der Waals surface area contributed by atoms with Crippen molar-refractivity contribution < 1.29 is 0 Å². The highest BCUT2D eigenvalue weighted by Crippen LogP contribution is 2.22. The molecule has 108 valence electrons. The van der Waals surface area contributed by atoms with Crippen LogP contribution in [0.25, 0.3) is 16.7 Å². The van der Waals surface area contributed by atoms with Crippen LogP contribution in [0, 0.1) is 0 Å². The van der Waals surface area contributed by atoms with E-state index in [0.717, 1.165) is 46.8 Å². The Kier molecular flexibility index (Phi) is 3.88. The minimum atomic E-state index is 0.451. The molecule has 0 amide bonds. The number of para-hydroxylation sites is 1. The van der Waals surface area contributed by atoms with E-state index in [0.29, 0.717) is 5.88 Å². The molecule has 2 heterocycles. The molecule has 0 fully saturated rings. The third kappa shape index (κ3) is 2.51. The number of halogens is 1. The summed E-state index contributed by atoms with van der Waals surface area (Å²) in [7, 11) is 0. The van der Waals surface area contributed by atoms with Gasteiger partial charge in [-0.1, -0.05) is 32.0 Å². The average Bonchev–Trinajstić information content (AvgIpc) is 2.97. The Morgan fingerprint density at radius 3 is 2.62 bits per heavy atom. The predicted molar refractivity (Wildman–Crippen MR) is 85.0 cm³/mol. The number of alkyl halides is 1. The lowest BCUT2D eigenvalue weighted by molar-refractivity contribution is 0.771. The molecule has 0 saturated carbocycles. The van der Waals surface area contributed by atoms with Gasteiger partial charge in [0.15, 0.2) is 11.6 Å². The fraction of sp³-hybridized carbons (Fsp3) is 0.312. The summed E-state index contributed by atoms with van der Waals surface area (Å²) < 4.78 is 1.83. The number of aryl methyl sites for hydroxylation is 2. The van der Waals surface area contributed by atoms with E-state index in [-0.39, 0.29) is 0 Å². The smallest absolute Gasteiger partial charge is 0.156 e. The van der Waals surface area contributed by atoms with Gasteiger partial charge >= 0.3 is 0 Å². The molecule has 0 atom stereocenters. The van der Waals surface area contributed by atoms with Crippen molar-refractivity contribution in [2.45, 2.75) is 32.6 Å². The van der Waals surface area contributed by atoms with Gasteiger partial charge in [-0.3, -0.25) is 0 Å². The first-order valence-corrected chi connectivity index (χ1v) is 7.70. The number of pyridine rings is 1. The van der Waals surface area contributed by atoms with Gasteiger partial charge in [-0.2, -0.15) is 4.68 Å². The second kappa shape index (κ2) is 5.82. The van der Waals surface area contributed by atoms with Gasteiger partial charge in [0.25, 0.3) is 0 Å². The predicted octanol–water partition coefficient (Wildman–Crippen LogP) is 3.68. The molecule has 21 heavy (non-hydrogen) atoms. The van der Waals surface area contributed by atoms with Gasteiger partial charge in [-0.05, 0) is 17.7 Å². The molecule has 1 aromatic carbocycles. The summed E-state index contributed by atoms with van der Waals surface area (Å²) in [4.78, 5) is 9.25. The first-order chi connectivity index (χ1) is 10.3. The van der Waals surface area contributed by atoms with Gasteiger partial charge in [-0.15, -0.1) is 16.7 Å². The third-order valence-corrected chi connectivity index (χ3v) is 3.79. The molecule has 0 saturated heterocycles. The number of aromatic nitrogens is 4. The zero-order valence-electron chi connectivity index (χ0n) is 12.2. The average molecular weight is 301 g/mol. The lowest BCUT2D eigenvalue weighted by Gasteiger charge is -2.08. The maximum Gasteiger partial charge on any atom is 0.156 e. The lowest BCUT2D eigenvalue weighted by Crippen LogP contribution is -2.05. The summed E-state index contributed by atoms with van der Waals surface area (Å²) in [5, 5.41) is 5.64. The molecule has 0 bridgehead atoms. The molecule has 0 unspecified atom stereocenters. The first kappa shape index (κ1) is 14.0.